The molecule has 1 heterocycles. The minimum Gasteiger partial charge on any atom is -0.490 e. The van der Waals surface area contributed by atoms with E-state index in [4.69, 9.17) is 44.3 Å². The fourth-order valence-corrected chi connectivity index (χ4v) is 4.98. The first-order chi connectivity index (χ1) is 18.7. The van der Waals surface area contributed by atoms with Crippen LogP contribution in [0.1, 0.15) is 18.1 Å². The molecule has 0 unspecified atom stereocenters. The number of halogens is 4. The van der Waals surface area contributed by atoms with Crippen molar-refractivity contribution in [2.45, 2.75) is 13.5 Å². The Labute approximate surface area is 242 Å². The Morgan fingerprint density at radius 1 is 1.03 bits per heavy atom. The number of hydrogen-bond acceptors (Lipinski definition) is 6. The maximum atomic E-state index is 13.8. The van der Waals surface area contributed by atoms with Crippen LogP contribution in [0.25, 0.3) is 6.08 Å². The molecule has 0 aliphatic carbocycles. The first kappa shape index (κ1) is 28.8. The SMILES string of the molecule is CCOc1cc(/C=C2\SC(=O)N(CC(=O)Nc3ccccc3F)C2=O)cc(Cl)c1OCc1ccc(Cl)c(Cl)c1. The monoisotopic (exact) mass is 608 g/mol. The zero-order valence-corrected chi connectivity index (χ0v) is 23.4. The summed E-state index contributed by atoms with van der Waals surface area (Å²) in [6.45, 7) is 1.68. The second kappa shape index (κ2) is 12.7. The molecule has 0 spiro atoms. The van der Waals surface area contributed by atoms with Crippen molar-refractivity contribution in [3.8, 4) is 11.5 Å². The Kier molecular flexibility index (Phi) is 9.40. The third-order valence-corrected chi connectivity index (χ3v) is 7.25. The lowest BCUT2D eigenvalue weighted by atomic mass is 10.1. The molecule has 12 heteroatoms. The lowest BCUT2D eigenvalue weighted by Gasteiger charge is -2.15. The summed E-state index contributed by atoms with van der Waals surface area (Å²) in [7, 11) is 0. The van der Waals surface area contributed by atoms with Crippen molar-refractivity contribution >= 4 is 75.4 Å². The summed E-state index contributed by atoms with van der Waals surface area (Å²) in [5, 5.41) is 2.76. The van der Waals surface area contributed by atoms with Gasteiger partial charge in [0, 0.05) is 0 Å². The van der Waals surface area contributed by atoms with Gasteiger partial charge >= 0.3 is 0 Å². The van der Waals surface area contributed by atoms with E-state index in [1.807, 2.05) is 0 Å². The normalized spacial score (nSPS) is 14.2. The first-order valence-electron chi connectivity index (χ1n) is 11.5. The Hall–Kier alpha value is -3.24. The van der Waals surface area contributed by atoms with Crippen LogP contribution in [0.4, 0.5) is 14.9 Å². The van der Waals surface area contributed by atoms with Crippen LogP contribution in [0.15, 0.2) is 59.5 Å². The highest BCUT2D eigenvalue weighted by Crippen LogP contribution is 2.40. The largest absolute Gasteiger partial charge is 0.490 e. The molecule has 0 atom stereocenters. The van der Waals surface area contributed by atoms with Crippen LogP contribution in [-0.2, 0) is 16.2 Å². The molecule has 3 aromatic carbocycles. The Bertz CT molecular complexity index is 1480. The van der Waals surface area contributed by atoms with Gasteiger partial charge in [0.05, 0.1) is 32.3 Å². The molecule has 202 valence electrons. The van der Waals surface area contributed by atoms with Gasteiger partial charge in [0.2, 0.25) is 5.91 Å². The van der Waals surface area contributed by atoms with E-state index in [2.05, 4.69) is 5.32 Å². The van der Waals surface area contributed by atoms with E-state index in [1.54, 1.807) is 43.3 Å². The fourth-order valence-electron chi connectivity index (χ4n) is 3.54. The van der Waals surface area contributed by atoms with Gasteiger partial charge in [-0.15, -0.1) is 0 Å². The van der Waals surface area contributed by atoms with Crippen molar-refractivity contribution in [1.82, 2.24) is 4.90 Å². The predicted octanol–water partition coefficient (Wildman–Crippen LogP) is 7.44. The van der Waals surface area contributed by atoms with Gasteiger partial charge in [-0.1, -0.05) is 53.0 Å². The van der Waals surface area contributed by atoms with Crippen LogP contribution in [0.2, 0.25) is 15.1 Å². The summed E-state index contributed by atoms with van der Waals surface area (Å²) in [6, 6.07) is 13.9. The lowest BCUT2D eigenvalue weighted by Crippen LogP contribution is -2.36. The molecular weight excluding hydrogens is 590 g/mol. The van der Waals surface area contributed by atoms with Gasteiger partial charge in [0.1, 0.15) is 19.0 Å². The molecule has 0 aromatic heterocycles. The van der Waals surface area contributed by atoms with Crippen molar-refractivity contribution < 1.29 is 28.2 Å². The molecule has 1 aliphatic heterocycles. The van der Waals surface area contributed by atoms with Crippen molar-refractivity contribution in [3.05, 3.63) is 91.5 Å². The van der Waals surface area contributed by atoms with Crippen LogP contribution >= 0.6 is 46.6 Å². The van der Waals surface area contributed by atoms with Gasteiger partial charge in [-0.2, -0.15) is 0 Å². The van der Waals surface area contributed by atoms with Gasteiger partial charge < -0.3 is 14.8 Å². The van der Waals surface area contributed by atoms with E-state index in [-0.39, 0.29) is 22.2 Å². The number of para-hydroxylation sites is 1. The number of imide groups is 1. The summed E-state index contributed by atoms with van der Waals surface area (Å²) in [6.07, 6.45) is 1.47. The molecule has 1 aliphatic rings. The average molecular weight is 610 g/mol. The molecule has 3 aromatic rings. The number of rotatable bonds is 9. The van der Waals surface area contributed by atoms with Crippen LogP contribution in [0.5, 0.6) is 11.5 Å². The average Bonchev–Trinajstić information content (AvgIpc) is 3.14. The number of nitrogens with one attached hydrogen (secondary N) is 1. The molecule has 1 N–H and O–H groups in total. The maximum absolute atomic E-state index is 13.8. The van der Waals surface area contributed by atoms with E-state index in [1.165, 1.54) is 24.3 Å². The van der Waals surface area contributed by atoms with Gasteiger partial charge in [-0.25, -0.2) is 4.39 Å². The number of hydrogen-bond donors (Lipinski definition) is 1. The number of ether oxygens (including phenoxy) is 2. The second-order valence-electron chi connectivity index (χ2n) is 8.10. The second-order valence-corrected chi connectivity index (χ2v) is 10.3. The van der Waals surface area contributed by atoms with E-state index in [9.17, 15) is 18.8 Å². The molecule has 1 saturated heterocycles. The zero-order valence-electron chi connectivity index (χ0n) is 20.3. The van der Waals surface area contributed by atoms with Gasteiger partial charge in [0.25, 0.3) is 11.1 Å². The van der Waals surface area contributed by atoms with Crippen molar-refractivity contribution in [1.29, 1.82) is 0 Å². The molecule has 7 nitrogen and oxygen atoms in total. The topological polar surface area (TPSA) is 84.9 Å². The van der Waals surface area contributed by atoms with E-state index in [0.717, 1.165) is 10.5 Å². The highest BCUT2D eigenvalue weighted by Gasteiger charge is 2.36. The fraction of sp³-hybridized carbons (Fsp3) is 0.148. The Balaban J connectivity index is 1.50. The Morgan fingerprint density at radius 2 is 1.79 bits per heavy atom. The minimum absolute atomic E-state index is 0.0513. The van der Waals surface area contributed by atoms with Gasteiger partial charge in [-0.3, -0.25) is 19.3 Å². The smallest absolute Gasteiger partial charge is 0.294 e. The number of nitrogens with zero attached hydrogens (tertiary/aromatic N) is 1. The summed E-state index contributed by atoms with van der Waals surface area (Å²) in [5.41, 5.74) is 1.19. The summed E-state index contributed by atoms with van der Waals surface area (Å²) in [4.78, 5) is 38.6. The lowest BCUT2D eigenvalue weighted by molar-refractivity contribution is -0.127. The zero-order chi connectivity index (χ0) is 28.1. The number of carbonyl (C=O) groups is 3. The van der Waals surface area contributed by atoms with Crippen LogP contribution in [-0.4, -0.2) is 35.1 Å². The van der Waals surface area contributed by atoms with Crippen molar-refractivity contribution in [2.24, 2.45) is 0 Å². The van der Waals surface area contributed by atoms with E-state index in [0.29, 0.717) is 45.5 Å². The van der Waals surface area contributed by atoms with Gasteiger partial charge in [-0.05, 0) is 72.3 Å². The molecule has 0 bridgehead atoms. The standard InChI is InChI=1S/C27H20Cl3FN2O5S/c1-2-37-22-11-16(10-19(30)25(22)38-14-15-7-8-17(28)18(29)9-15)12-23-26(35)33(27(36)39-23)13-24(34)32-21-6-4-3-5-20(21)31/h3-12H,2,13-14H2,1H3,(H,32,34)/b23-12-. The van der Waals surface area contributed by atoms with Gasteiger partial charge in [0.15, 0.2) is 11.5 Å². The number of benzene rings is 3. The molecule has 3 amide bonds. The first-order valence-corrected chi connectivity index (χ1v) is 13.4. The Morgan fingerprint density at radius 3 is 2.51 bits per heavy atom. The molecule has 39 heavy (non-hydrogen) atoms. The summed E-state index contributed by atoms with van der Waals surface area (Å²) >= 11 is 19.2. The molecule has 0 saturated carbocycles. The maximum Gasteiger partial charge on any atom is 0.294 e. The van der Waals surface area contributed by atoms with Crippen LogP contribution in [0, 0.1) is 5.82 Å². The summed E-state index contributed by atoms with van der Waals surface area (Å²) in [5.74, 6) is -1.39. The van der Waals surface area contributed by atoms with Crippen molar-refractivity contribution in [3.63, 3.8) is 0 Å². The molecule has 4 rings (SSSR count). The molecule has 1 fully saturated rings. The van der Waals surface area contributed by atoms with E-state index < -0.39 is 29.4 Å². The molecule has 0 radical (unpaired) electrons. The highest BCUT2D eigenvalue weighted by atomic mass is 35.5. The third-order valence-electron chi connectivity index (χ3n) is 5.32. The number of thioether (sulfide) groups is 1. The number of carbonyl (C=O) groups excluding carboxylic acids is 3. The number of anilines is 1. The number of amides is 3. The third kappa shape index (κ3) is 7.05. The summed E-state index contributed by atoms with van der Waals surface area (Å²) < 4.78 is 25.4. The molecular formula is C27H20Cl3FN2O5S. The highest BCUT2D eigenvalue weighted by molar-refractivity contribution is 8.18. The van der Waals surface area contributed by atoms with Crippen LogP contribution < -0.4 is 14.8 Å². The van der Waals surface area contributed by atoms with Crippen molar-refractivity contribution in [2.75, 3.05) is 18.5 Å². The predicted molar refractivity (Wildman–Crippen MR) is 151 cm³/mol. The minimum atomic E-state index is -0.714. The van der Waals surface area contributed by atoms with E-state index >= 15 is 0 Å². The van der Waals surface area contributed by atoms with Crippen LogP contribution in [0.3, 0.4) is 0 Å². The quantitative estimate of drug-likeness (QED) is 0.254.